The van der Waals surface area contributed by atoms with Crippen molar-refractivity contribution in [1.82, 2.24) is 19.7 Å². The highest BCUT2D eigenvalue weighted by atomic mass is 32.2. The van der Waals surface area contributed by atoms with Gasteiger partial charge >= 0.3 is 0 Å². The Balaban J connectivity index is 1.34. The van der Waals surface area contributed by atoms with Gasteiger partial charge in [0.1, 0.15) is 10.7 Å². The summed E-state index contributed by atoms with van der Waals surface area (Å²) in [6.07, 6.45) is 1.62. The van der Waals surface area contributed by atoms with E-state index >= 15 is 0 Å². The maximum absolute atomic E-state index is 12.6. The van der Waals surface area contributed by atoms with Crippen LogP contribution in [0, 0.1) is 13.8 Å². The molecule has 0 fully saturated rings. The number of hydrogen-bond acceptors (Lipinski definition) is 7. The molecule has 34 heavy (non-hydrogen) atoms. The molecule has 9 heteroatoms. The quantitative estimate of drug-likeness (QED) is 0.277. The zero-order chi connectivity index (χ0) is 23.5. The SMILES string of the molecule is Cc1ccc(NC(=O)c2csc(CSc3nnc(-c4ccco4)n3-c3ccc(C)cc3)n2)cc1. The molecule has 0 aliphatic carbocycles. The summed E-state index contributed by atoms with van der Waals surface area (Å²) in [6, 6.07) is 19.5. The monoisotopic (exact) mass is 487 g/mol. The van der Waals surface area contributed by atoms with Crippen LogP contribution in [0.2, 0.25) is 0 Å². The second-order valence-corrected chi connectivity index (χ2v) is 9.57. The minimum Gasteiger partial charge on any atom is -0.461 e. The molecule has 1 amide bonds. The smallest absolute Gasteiger partial charge is 0.275 e. The number of benzene rings is 2. The number of aryl methyl sites for hydroxylation is 2. The van der Waals surface area contributed by atoms with Crippen LogP contribution in [-0.4, -0.2) is 25.7 Å². The molecule has 170 valence electrons. The predicted molar refractivity (Wildman–Crippen MR) is 135 cm³/mol. The first-order valence-corrected chi connectivity index (χ1v) is 12.4. The molecule has 1 N–H and O–H groups in total. The van der Waals surface area contributed by atoms with Crippen LogP contribution in [0.3, 0.4) is 0 Å². The summed E-state index contributed by atoms with van der Waals surface area (Å²) in [7, 11) is 0. The van der Waals surface area contributed by atoms with E-state index in [2.05, 4.69) is 32.6 Å². The van der Waals surface area contributed by atoms with Crippen LogP contribution in [0.15, 0.2) is 81.9 Å². The van der Waals surface area contributed by atoms with E-state index in [9.17, 15) is 4.79 Å². The number of nitrogens with zero attached hydrogens (tertiary/aromatic N) is 4. The molecule has 7 nitrogen and oxygen atoms in total. The summed E-state index contributed by atoms with van der Waals surface area (Å²) in [5, 5.41) is 15.0. The number of carbonyl (C=O) groups is 1. The van der Waals surface area contributed by atoms with Gasteiger partial charge in [-0.1, -0.05) is 47.2 Å². The van der Waals surface area contributed by atoms with E-state index < -0.39 is 0 Å². The molecule has 5 aromatic rings. The average molecular weight is 488 g/mol. The van der Waals surface area contributed by atoms with Gasteiger partial charge in [-0.3, -0.25) is 9.36 Å². The highest BCUT2D eigenvalue weighted by molar-refractivity contribution is 7.98. The fourth-order valence-corrected chi connectivity index (χ4v) is 5.04. The molecule has 0 atom stereocenters. The summed E-state index contributed by atoms with van der Waals surface area (Å²) in [5.74, 6) is 1.61. The van der Waals surface area contributed by atoms with E-state index in [0.29, 0.717) is 23.0 Å². The Labute approximate surface area is 204 Å². The van der Waals surface area contributed by atoms with Crippen molar-refractivity contribution in [2.75, 3.05) is 5.32 Å². The highest BCUT2D eigenvalue weighted by Gasteiger charge is 2.19. The molecule has 0 bridgehead atoms. The van der Waals surface area contributed by atoms with Gasteiger partial charge in [-0.05, 0) is 50.2 Å². The van der Waals surface area contributed by atoms with Gasteiger partial charge in [0.25, 0.3) is 5.91 Å². The number of nitrogens with one attached hydrogen (secondary N) is 1. The van der Waals surface area contributed by atoms with E-state index in [1.807, 2.05) is 66.9 Å². The Hall–Kier alpha value is -3.69. The summed E-state index contributed by atoms with van der Waals surface area (Å²) >= 11 is 2.96. The van der Waals surface area contributed by atoms with Crippen molar-refractivity contribution >= 4 is 34.7 Å². The van der Waals surface area contributed by atoms with Crippen LogP contribution in [0.1, 0.15) is 26.6 Å². The third-order valence-electron chi connectivity index (χ3n) is 5.09. The minimum absolute atomic E-state index is 0.223. The Morgan fingerprint density at radius 1 is 1.03 bits per heavy atom. The van der Waals surface area contributed by atoms with Gasteiger partial charge in [0.15, 0.2) is 10.9 Å². The van der Waals surface area contributed by atoms with Crippen molar-refractivity contribution in [1.29, 1.82) is 0 Å². The number of carbonyl (C=O) groups excluding carboxylic acids is 1. The molecule has 3 heterocycles. The molecular weight excluding hydrogens is 466 g/mol. The molecule has 5 rings (SSSR count). The first-order valence-electron chi connectivity index (χ1n) is 10.6. The maximum atomic E-state index is 12.6. The number of thioether (sulfide) groups is 1. The van der Waals surface area contributed by atoms with E-state index in [1.165, 1.54) is 28.7 Å². The summed E-state index contributed by atoms with van der Waals surface area (Å²) < 4.78 is 7.55. The predicted octanol–water partition coefficient (Wildman–Crippen LogP) is 6.15. The number of thiazole rings is 1. The summed E-state index contributed by atoms with van der Waals surface area (Å²) in [4.78, 5) is 17.1. The van der Waals surface area contributed by atoms with Crippen LogP contribution in [0.5, 0.6) is 0 Å². The number of amides is 1. The second-order valence-electron chi connectivity index (χ2n) is 7.69. The largest absolute Gasteiger partial charge is 0.461 e. The van der Waals surface area contributed by atoms with Crippen molar-refractivity contribution in [2.24, 2.45) is 0 Å². The highest BCUT2D eigenvalue weighted by Crippen LogP contribution is 2.30. The van der Waals surface area contributed by atoms with E-state index in [-0.39, 0.29) is 5.91 Å². The van der Waals surface area contributed by atoms with Gasteiger partial charge in [0.05, 0.1) is 12.0 Å². The zero-order valence-electron chi connectivity index (χ0n) is 18.6. The van der Waals surface area contributed by atoms with Gasteiger partial charge in [0, 0.05) is 16.8 Å². The lowest BCUT2D eigenvalue weighted by Crippen LogP contribution is -2.12. The van der Waals surface area contributed by atoms with Crippen molar-refractivity contribution in [3.63, 3.8) is 0 Å². The second kappa shape index (κ2) is 9.66. The molecule has 0 saturated heterocycles. The summed E-state index contributed by atoms with van der Waals surface area (Å²) in [6.45, 7) is 4.06. The van der Waals surface area contributed by atoms with Crippen LogP contribution < -0.4 is 5.32 Å². The van der Waals surface area contributed by atoms with E-state index in [0.717, 1.165) is 27.1 Å². The Morgan fingerprint density at radius 2 is 1.76 bits per heavy atom. The number of anilines is 1. The number of hydrogen-bond donors (Lipinski definition) is 1. The molecule has 2 aromatic carbocycles. The van der Waals surface area contributed by atoms with Crippen LogP contribution in [0.25, 0.3) is 17.3 Å². The van der Waals surface area contributed by atoms with Crippen molar-refractivity contribution < 1.29 is 9.21 Å². The van der Waals surface area contributed by atoms with Crippen LogP contribution >= 0.6 is 23.1 Å². The zero-order valence-corrected chi connectivity index (χ0v) is 20.2. The van der Waals surface area contributed by atoms with Gasteiger partial charge in [-0.15, -0.1) is 21.5 Å². The molecule has 0 aliphatic heterocycles. The third kappa shape index (κ3) is 4.80. The van der Waals surface area contributed by atoms with Crippen molar-refractivity contribution in [3.05, 3.63) is 94.1 Å². The lowest BCUT2D eigenvalue weighted by Gasteiger charge is -2.09. The fourth-order valence-electron chi connectivity index (χ4n) is 3.30. The van der Waals surface area contributed by atoms with E-state index in [1.54, 1.807) is 11.6 Å². The van der Waals surface area contributed by atoms with Crippen molar-refractivity contribution in [3.8, 4) is 17.3 Å². The average Bonchev–Trinajstić information content (AvgIpc) is 3.60. The molecular formula is C25H21N5O2S2. The number of aromatic nitrogens is 4. The fraction of sp³-hybridized carbons (Fsp3) is 0.120. The summed E-state index contributed by atoms with van der Waals surface area (Å²) in [5.41, 5.74) is 4.40. The Bertz CT molecular complexity index is 1400. The first kappa shape index (κ1) is 22.1. The van der Waals surface area contributed by atoms with Crippen LogP contribution in [0.4, 0.5) is 5.69 Å². The molecule has 3 aromatic heterocycles. The molecule has 0 radical (unpaired) electrons. The Kier molecular flexibility index (Phi) is 6.29. The van der Waals surface area contributed by atoms with Gasteiger partial charge in [-0.2, -0.15) is 0 Å². The molecule has 0 aliphatic rings. The topological polar surface area (TPSA) is 85.8 Å². The lowest BCUT2D eigenvalue weighted by molar-refractivity contribution is 0.102. The maximum Gasteiger partial charge on any atom is 0.275 e. The van der Waals surface area contributed by atoms with Gasteiger partial charge in [-0.25, -0.2) is 4.98 Å². The third-order valence-corrected chi connectivity index (χ3v) is 7.06. The lowest BCUT2D eigenvalue weighted by atomic mass is 10.2. The molecule has 0 unspecified atom stereocenters. The van der Waals surface area contributed by atoms with E-state index in [4.69, 9.17) is 4.42 Å². The number of rotatable bonds is 7. The molecule has 0 saturated carbocycles. The van der Waals surface area contributed by atoms with Gasteiger partial charge in [0.2, 0.25) is 5.82 Å². The number of furan rings is 1. The minimum atomic E-state index is -0.223. The standard InChI is InChI=1S/C25H21N5O2S2/c1-16-5-9-18(10-6-16)26-24(31)20-14-33-22(27-20)15-34-25-29-28-23(21-4-3-13-32-21)30(25)19-11-7-17(2)8-12-19/h3-14H,15H2,1-2H3,(H,26,31). The van der Waals surface area contributed by atoms with Crippen molar-refractivity contribution in [2.45, 2.75) is 24.8 Å². The Morgan fingerprint density at radius 3 is 2.47 bits per heavy atom. The molecule has 0 spiro atoms. The normalized spacial score (nSPS) is 11.0. The van der Waals surface area contributed by atoms with Gasteiger partial charge < -0.3 is 9.73 Å². The first-order chi connectivity index (χ1) is 16.6. The van der Waals surface area contributed by atoms with Crippen LogP contribution in [-0.2, 0) is 5.75 Å².